The maximum Gasteiger partial charge on any atom is 0.191 e. The molecule has 2 saturated carbocycles. The lowest BCUT2D eigenvalue weighted by Crippen LogP contribution is -2.69. The summed E-state index contributed by atoms with van der Waals surface area (Å²) in [5, 5.41) is 7.57. The van der Waals surface area contributed by atoms with Crippen LogP contribution in [0.5, 0.6) is 0 Å². The van der Waals surface area contributed by atoms with Crippen molar-refractivity contribution in [2.75, 3.05) is 24.7 Å². The average Bonchev–Trinajstić information content (AvgIpc) is 3.22. The van der Waals surface area contributed by atoms with Crippen molar-refractivity contribution in [1.82, 2.24) is 10.6 Å². The third kappa shape index (κ3) is 2.88. The second-order valence-electron chi connectivity index (χ2n) is 7.69. The Morgan fingerprint density at radius 2 is 2.09 bits per heavy atom. The van der Waals surface area contributed by atoms with Crippen molar-refractivity contribution in [2.45, 2.75) is 70.1 Å². The fourth-order valence-electron chi connectivity index (χ4n) is 5.39. The second-order valence-corrected chi connectivity index (χ2v) is 8.84. The van der Waals surface area contributed by atoms with Gasteiger partial charge in [-0.25, -0.2) is 0 Å². The summed E-state index contributed by atoms with van der Waals surface area (Å²) in [7, 11) is 0. The van der Waals surface area contributed by atoms with E-state index >= 15 is 0 Å². The minimum absolute atomic E-state index is 0.401. The molecule has 5 heteroatoms. The van der Waals surface area contributed by atoms with Crippen LogP contribution in [0.2, 0.25) is 0 Å². The summed E-state index contributed by atoms with van der Waals surface area (Å²) in [5.41, 5.74) is 0.401. The van der Waals surface area contributed by atoms with Crippen LogP contribution in [-0.2, 0) is 4.74 Å². The Kier molecular flexibility index (Phi) is 4.77. The fourth-order valence-corrected chi connectivity index (χ4v) is 6.46. The molecule has 4 fully saturated rings. The van der Waals surface area contributed by atoms with Gasteiger partial charge in [0.1, 0.15) is 0 Å². The van der Waals surface area contributed by atoms with E-state index in [1.165, 1.54) is 56.5 Å². The van der Waals surface area contributed by atoms with Gasteiger partial charge in [0, 0.05) is 42.3 Å². The van der Waals surface area contributed by atoms with E-state index < -0.39 is 0 Å². The summed E-state index contributed by atoms with van der Waals surface area (Å²) in [6.07, 6.45) is 9.78. The molecule has 0 aromatic heterocycles. The number of thioether (sulfide) groups is 1. The molecule has 4 unspecified atom stereocenters. The van der Waals surface area contributed by atoms with Crippen LogP contribution in [-0.4, -0.2) is 48.8 Å². The molecule has 0 amide bonds. The standard InChI is InChI=1S/C18H31N3OS/c1-2-19-17(20-13-6-5-11-23-12-13)21-15-14-7-10-22-16(14)18(15)8-3-4-9-18/h13-16H,2-12H2,1H3,(H2,19,20,21). The Morgan fingerprint density at radius 3 is 2.83 bits per heavy atom. The molecular weight excluding hydrogens is 306 g/mol. The number of ether oxygens (including phenoxy) is 1. The van der Waals surface area contributed by atoms with Crippen LogP contribution in [0.25, 0.3) is 0 Å². The predicted octanol–water partition coefficient (Wildman–Crippen LogP) is 2.78. The van der Waals surface area contributed by atoms with Crippen LogP contribution >= 0.6 is 11.8 Å². The monoisotopic (exact) mass is 337 g/mol. The lowest BCUT2D eigenvalue weighted by molar-refractivity contribution is -0.125. The van der Waals surface area contributed by atoms with E-state index in [-0.39, 0.29) is 0 Å². The highest BCUT2D eigenvalue weighted by molar-refractivity contribution is 7.99. The Bertz CT molecular complexity index is 444. The van der Waals surface area contributed by atoms with Crippen LogP contribution in [0.15, 0.2) is 4.99 Å². The maximum absolute atomic E-state index is 6.11. The Balaban J connectivity index is 1.44. The summed E-state index contributed by atoms with van der Waals surface area (Å²) in [6, 6.07) is 1.16. The molecule has 1 spiro atoms. The van der Waals surface area contributed by atoms with Crippen molar-refractivity contribution in [1.29, 1.82) is 0 Å². The van der Waals surface area contributed by atoms with Crippen molar-refractivity contribution < 1.29 is 4.74 Å². The molecule has 4 rings (SSSR count). The van der Waals surface area contributed by atoms with Crippen molar-refractivity contribution in [3.8, 4) is 0 Å². The molecular formula is C18H31N3OS. The molecule has 4 atom stereocenters. The van der Waals surface area contributed by atoms with Gasteiger partial charge in [-0.05, 0) is 44.8 Å². The molecule has 2 aliphatic heterocycles. The second kappa shape index (κ2) is 6.83. The molecule has 2 N–H and O–H groups in total. The van der Waals surface area contributed by atoms with E-state index in [0.29, 0.717) is 29.5 Å². The highest BCUT2D eigenvalue weighted by Crippen LogP contribution is 2.60. The first kappa shape index (κ1) is 16.1. The number of nitrogens with one attached hydrogen (secondary N) is 2. The van der Waals surface area contributed by atoms with Crippen molar-refractivity contribution in [3.63, 3.8) is 0 Å². The largest absolute Gasteiger partial charge is 0.377 e. The quantitative estimate of drug-likeness (QED) is 0.614. The Hall–Kier alpha value is -0.420. The average molecular weight is 338 g/mol. The lowest BCUT2D eigenvalue weighted by atomic mass is 9.54. The van der Waals surface area contributed by atoms with E-state index in [1.54, 1.807) is 0 Å². The zero-order valence-corrected chi connectivity index (χ0v) is 15.2. The fraction of sp³-hybridized carbons (Fsp3) is 0.944. The van der Waals surface area contributed by atoms with Gasteiger partial charge in [0.05, 0.1) is 6.10 Å². The number of fused-ring (bicyclic) bond motifs is 2. The zero-order valence-electron chi connectivity index (χ0n) is 14.4. The number of rotatable bonds is 3. The topological polar surface area (TPSA) is 45.7 Å². The molecule has 4 aliphatic rings. The minimum atomic E-state index is 0.401. The maximum atomic E-state index is 6.11. The van der Waals surface area contributed by atoms with Crippen LogP contribution in [0.4, 0.5) is 0 Å². The van der Waals surface area contributed by atoms with Gasteiger partial charge in [-0.15, -0.1) is 0 Å². The zero-order chi connectivity index (χ0) is 15.7. The Morgan fingerprint density at radius 1 is 1.22 bits per heavy atom. The third-order valence-corrected chi connectivity index (χ3v) is 7.61. The van der Waals surface area contributed by atoms with Crippen LogP contribution in [0.1, 0.15) is 51.9 Å². The van der Waals surface area contributed by atoms with E-state index in [0.717, 1.165) is 19.1 Å². The molecule has 0 aromatic carbocycles. The van der Waals surface area contributed by atoms with E-state index in [2.05, 4.69) is 29.3 Å². The lowest BCUT2D eigenvalue weighted by Gasteiger charge is -2.57. The Labute approximate surface area is 144 Å². The van der Waals surface area contributed by atoms with E-state index in [4.69, 9.17) is 9.73 Å². The minimum Gasteiger partial charge on any atom is -0.377 e. The van der Waals surface area contributed by atoms with E-state index in [9.17, 15) is 0 Å². The summed E-state index contributed by atoms with van der Waals surface area (Å²) in [5.74, 6) is 4.30. The summed E-state index contributed by atoms with van der Waals surface area (Å²) < 4.78 is 6.11. The molecule has 0 bridgehead atoms. The molecule has 2 saturated heterocycles. The normalized spacial score (nSPS) is 39.1. The van der Waals surface area contributed by atoms with E-state index in [1.807, 2.05) is 0 Å². The number of guanidine groups is 1. The first-order chi connectivity index (χ1) is 11.3. The highest BCUT2D eigenvalue weighted by atomic mass is 32.2. The van der Waals surface area contributed by atoms with Crippen molar-refractivity contribution in [2.24, 2.45) is 16.3 Å². The summed E-state index contributed by atoms with van der Waals surface area (Å²) >= 11 is 2.07. The van der Waals surface area contributed by atoms with Gasteiger partial charge in [0.15, 0.2) is 5.96 Å². The molecule has 0 radical (unpaired) electrons. The summed E-state index contributed by atoms with van der Waals surface area (Å²) in [4.78, 5) is 4.75. The van der Waals surface area contributed by atoms with Gasteiger partial charge in [-0.2, -0.15) is 11.8 Å². The van der Waals surface area contributed by atoms with Crippen molar-refractivity contribution >= 4 is 17.7 Å². The smallest absolute Gasteiger partial charge is 0.191 e. The number of nitrogens with zero attached hydrogens (tertiary/aromatic N) is 1. The molecule has 4 nitrogen and oxygen atoms in total. The molecule has 0 aromatic rings. The molecule has 2 heterocycles. The van der Waals surface area contributed by atoms with Gasteiger partial charge in [0.2, 0.25) is 0 Å². The molecule has 130 valence electrons. The van der Waals surface area contributed by atoms with Gasteiger partial charge in [-0.3, -0.25) is 4.99 Å². The number of aliphatic imine (C=N–C) groups is 1. The van der Waals surface area contributed by atoms with Gasteiger partial charge in [0.25, 0.3) is 0 Å². The predicted molar refractivity (Wildman–Crippen MR) is 97.1 cm³/mol. The summed E-state index contributed by atoms with van der Waals surface area (Å²) in [6.45, 7) is 3.94. The highest BCUT2D eigenvalue weighted by Gasteiger charge is 2.65. The molecule has 2 aliphatic carbocycles. The number of hydrogen-bond donors (Lipinski definition) is 2. The van der Waals surface area contributed by atoms with Gasteiger partial charge in [-0.1, -0.05) is 12.8 Å². The van der Waals surface area contributed by atoms with Crippen molar-refractivity contribution in [3.05, 3.63) is 0 Å². The molecule has 23 heavy (non-hydrogen) atoms. The first-order valence-corrected chi connectivity index (χ1v) is 10.8. The van der Waals surface area contributed by atoms with Gasteiger partial charge < -0.3 is 15.4 Å². The van der Waals surface area contributed by atoms with Gasteiger partial charge >= 0.3 is 0 Å². The van der Waals surface area contributed by atoms with Crippen LogP contribution < -0.4 is 10.6 Å². The first-order valence-electron chi connectivity index (χ1n) is 9.60. The number of hydrogen-bond acceptors (Lipinski definition) is 3. The van der Waals surface area contributed by atoms with Crippen LogP contribution in [0, 0.1) is 11.3 Å². The SMILES string of the molecule is CCN=C(NC1CCCSC1)NC1C2CCOC2C12CCCC2. The van der Waals surface area contributed by atoms with Crippen LogP contribution in [0.3, 0.4) is 0 Å². The third-order valence-electron chi connectivity index (χ3n) is 6.40.